The number of nitrogens with zero attached hydrogens (tertiary/aromatic N) is 1. The van der Waals surface area contributed by atoms with Crippen molar-refractivity contribution in [3.63, 3.8) is 0 Å². The highest BCUT2D eigenvalue weighted by molar-refractivity contribution is 6.35. The first kappa shape index (κ1) is 14.4. The Labute approximate surface area is 125 Å². The number of carbonyl (C=O) groups is 1. The molecule has 0 aliphatic rings. The van der Waals surface area contributed by atoms with E-state index in [4.69, 9.17) is 28.3 Å². The van der Waals surface area contributed by atoms with Gasteiger partial charge < -0.3 is 5.11 Å². The molecule has 0 amide bonds. The quantitative estimate of drug-likeness (QED) is 0.659. The smallest absolute Gasteiger partial charge is 0.335 e. The van der Waals surface area contributed by atoms with E-state index in [0.717, 1.165) is 0 Å². The minimum absolute atomic E-state index is 0.208. The van der Waals surface area contributed by atoms with E-state index in [1.165, 1.54) is 18.3 Å². The zero-order valence-corrected chi connectivity index (χ0v) is 11.7. The SMILES string of the molecule is O=C(O)c1cccc(/C=N/Nc2cc(Cl)cc(Cl)c2)c1. The lowest BCUT2D eigenvalue weighted by Gasteiger charge is -2.02. The summed E-state index contributed by atoms with van der Waals surface area (Å²) in [4.78, 5) is 10.8. The molecule has 0 radical (unpaired) electrons. The molecular weight excluding hydrogens is 299 g/mol. The van der Waals surface area contributed by atoms with E-state index >= 15 is 0 Å². The van der Waals surface area contributed by atoms with Crippen molar-refractivity contribution in [3.05, 3.63) is 63.6 Å². The van der Waals surface area contributed by atoms with Gasteiger partial charge in [-0.05, 0) is 35.9 Å². The predicted molar refractivity (Wildman–Crippen MR) is 81.1 cm³/mol. The standard InChI is InChI=1S/C14H10Cl2N2O2/c15-11-5-12(16)7-13(6-11)18-17-8-9-2-1-3-10(4-9)14(19)20/h1-8,18H,(H,19,20)/b17-8+. The fourth-order valence-electron chi connectivity index (χ4n) is 1.55. The Morgan fingerprint density at radius 1 is 1.15 bits per heavy atom. The Hall–Kier alpha value is -2.04. The predicted octanol–water partition coefficient (Wildman–Crippen LogP) is 4.14. The molecule has 0 unspecified atom stereocenters. The molecule has 0 bridgehead atoms. The highest BCUT2D eigenvalue weighted by atomic mass is 35.5. The number of hydrogen-bond donors (Lipinski definition) is 2. The van der Waals surface area contributed by atoms with Gasteiger partial charge in [0.2, 0.25) is 0 Å². The first-order chi connectivity index (χ1) is 9.54. The molecule has 4 nitrogen and oxygen atoms in total. The third-order valence-corrected chi connectivity index (χ3v) is 2.84. The molecule has 20 heavy (non-hydrogen) atoms. The van der Waals surface area contributed by atoms with Gasteiger partial charge in [0.1, 0.15) is 0 Å². The molecule has 0 spiro atoms. The molecule has 2 aromatic rings. The third kappa shape index (κ3) is 3.98. The lowest BCUT2D eigenvalue weighted by molar-refractivity contribution is 0.0697. The number of hydrogen-bond acceptors (Lipinski definition) is 3. The maximum absolute atomic E-state index is 10.8. The van der Waals surface area contributed by atoms with Gasteiger partial charge >= 0.3 is 5.97 Å². The van der Waals surface area contributed by atoms with Crippen LogP contribution in [0.15, 0.2) is 47.6 Å². The van der Waals surface area contributed by atoms with Crippen LogP contribution >= 0.6 is 23.2 Å². The molecule has 0 fully saturated rings. The van der Waals surface area contributed by atoms with Crippen LogP contribution in [0.25, 0.3) is 0 Å². The minimum atomic E-state index is -0.977. The molecule has 6 heteroatoms. The number of carboxylic acids is 1. The summed E-state index contributed by atoms with van der Waals surface area (Å²) in [6, 6.07) is 11.4. The van der Waals surface area contributed by atoms with Crippen molar-refractivity contribution in [2.45, 2.75) is 0 Å². The van der Waals surface area contributed by atoms with Crippen molar-refractivity contribution in [2.24, 2.45) is 5.10 Å². The second-order valence-corrected chi connectivity index (χ2v) is 4.83. The number of carboxylic acid groups (broad SMARTS) is 1. The summed E-state index contributed by atoms with van der Waals surface area (Å²) in [5.74, 6) is -0.977. The van der Waals surface area contributed by atoms with Gasteiger partial charge in [0, 0.05) is 10.0 Å². The maximum Gasteiger partial charge on any atom is 0.335 e. The minimum Gasteiger partial charge on any atom is -0.478 e. The number of hydrazone groups is 1. The number of halogens is 2. The van der Waals surface area contributed by atoms with Gasteiger partial charge in [-0.15, -0.1) is 0 Å². The molecule has 0 aliphatic carbocycles. The van der Waals surface area contributed by atoms with Crippen molar-refractivity contribution >= 4 is 41.1 Å². The average molecular weight is 309 g/mol. The van der Waals surface area contributed by atoms with Gasteiger partial charge in [-0.2, -0.15) is 5.10 Å². The second-order valence-electron chi connectivity index (χ2n) is 3.96. The van der Waals surface area contributed by atoms with Crippen molar-refractivity contribution in [1.82, 2.24) is 0 Å². The number of benzene rings is 2. The summed E-state index contributed by atoms with van der Waals surface area (Å²) in [6.07, 6.45) is 1.52. The summed E-state index contributed by atoms with van der Waals surface area (Å²) in [7, 11) is 0. The number of nitrogens with one attached hydrogen (secondary N) is 1. The van der Waals surface area contributed by atoms with E-state index in [1.54, 1.807) is 30.3 Å². The van der Waals surface area contributed by atoms with Crippen LogP contribution in [0.5, 0.6) is 0 Å². The van der Waals surface area contributed by atoms with Crippen molar-refractivity contribution in [3.8, 4) is 0 Å². The Morgan fingerprint density at radius 3 is 2.50 bits per heavy atom. The van der Waals surface area contributed by atoms with Gasteiger partial charge in [-0.3, -0.25) is 5.43 Å². The number of anilines is 1. The van der Waals surface area contributed by atoms with Crippen molar-refractivity contribution < 1.29 is 9.90 Å². The van der Waals surface area contributed by atoms with Crippen molar-refractivity contribution in [1.29, 1.82) is 0 Å². The van der Waals surface area contributed by atoms with Crippen LogP contribution in [0.1, 0.15) is 15.9 Å². The van der Waals surface area contributed by atoms with E-state index in [9.17, 15) is 4.79 Å². The molecule has 102 valence electrons. The first-order valence-corrected chi connectivity index (χ1v) is 6.39. The summed E-state index contributed by atoms with van der Waals surface area (Å²) in [6.45, 7) is 0. The van der Waals surface area contributed by atoms with Crippen LogP contribution in [-0.4, -0.2) is 17.3 Å². The fraction of sp³-hybridized carbons (Fsp3) is 0. The average Bonchev–Trinajstić information content (AvgIpc) is 2.38. The van der Waals surface area contributed by atoms with E-state index in [0.29, 0.717) is 21.3 Å². The summed E-state index contributed by atoms with van der Waals surface area (Å²) in [5.41, 5.74) is 4.30. The van der Waals surface area contributed by atoms with E-state index in [2.05, 4.69) is 10.5 Å². The first-order valence-electron chi connectivity index (χ1n) is 5.63. The van der Waals surface area contributed by atoms with E-state index < -0.39 is 5.97 Å². The molecule has 2 rings (SSSR count). The molecule has 0 heterocycles. The van der Waals surface area contributed by atoms with Crippen LogP contribution in [0.2, 0.25) is 10.0 Å². The van der Waals surface area contributed by atoms with Crippen LogP contribution in [0.4, 0.5) is 5.69 Å². The highest BCUT2D eigenvalue weighted by Gasteiger charge is 2.01. The molecule has 0 saturated heterocycles. The summed E-state index contributed by atoms with van der Waals surface area (Å²) in [5, 5.41) is 13.9. The zero-order valence-electron chi connectivity index (χ0n) is 10.2. The Kier molecular flexibility index (Phi) is 4.61. The zero-order chi connectivity index (χ0) is 14.5. The highest BCUT2D eigenvalue weighted by Crippen LogP contribution is 2.22. The topological polar surface area (TPSA) is 61.7 Å². The third-order valence-electron chi connectivity index (χ3n) is 2.40. The Morgan fingerprint density at radius 2 is 1.85 bits per heavy atom. The van der Waals surface area contributed by atoms with Crippen LogP contribution in [-0.2, 0) is 0 Å². The van der Waals surface area contributed by atoms with Gasteiger partial charge in [0.25, 0.3) is 0 Å². The monoisotopic (exact) mass is 308 g/mol. The molecular formula is C14H10Cl2N2O2. The van der Waals surface area contributed by atoms with E-state index in [1.807, 2.05) is 0 Å². The second kappa shape index (κ2) is 6.41. The Balaban J connectivity index is 2.10. The normalized spacial score (nSPS) is 10.7. The lowest BCUT2D eigenvalue weighted by atomic mass is 10.1. The van der Waals surface area contributed by atoms with Gasteiger partial charge in [-0.1, -0.05) is 35.3 Å². The summed E-state index contributed by atoms with van der Waals surface area (Å²) < 4.78 is 0. The van der Waals surface area contributed by atoms with Crippen molar-refractivity contribution in [2.75, 3.05) is 5.43 Å². The van der Waals surface area contributed by atoms with E-state index in [-0.39, 0.29) is 5.56 Å². The largest absolute Gasteiger partial charge is 0.478 e. The molecule has 0 saturated carbocycles. The van der Waals surface area contributed by atoms with Gasteiger partial charge in [0.15, 0.2) is 0 Å². The van der Waals surface area contributed by atoms with Crippen LogP contribution < -0.4 is 5.43 Å². The Bertz CT molecular complexity index is 652. The van der Waals surface area contributed by atoms with Crippen LogP contribution in [0.3, 0.4) is 0 Å². The fourth-order valence-corrected chi connectivity index (χ4v) is 2.08. The molecule has 2 N–H and O–H groups in total. The molecule has 2 aromatic carbocycles. The summed E-state index contributed by atoms with van der Waals surface area (Å²) >= 11 is 11.7. The molecule has 0 aromatic heterocycles. The molecule has 0 atom stereocenters. The molecule has 0 aliphatic heterocycles. The van der Waals surface area contributed by atoms with Crippen LogP contribution in [0, 0.1) is 0 Å². The number of aromatic carboxylic acids is 1. The maximum atomic E-state index is 10.8. The van der Waals surface area contributed by atoms with Gasteiger partial charge in [0.05, 0.1) is 17.5 Å². The lowest BCUT2D eigenvalue weighted by Crippen LogP contribution is -1.97. The number of rotatable bonds is 4. The van der Waals surface area contributed by atoms with Gasteiger partial charge in [-0.25, -0.2) is 4.79 Å².